The Morgan fingerprint density at radius 1 is 0.960 bits per heavy atom. The van der Waals surface area contributed by atoms with Gasteiger partial charge in [0, 0.05) is 5.02 Å². The van der Waals surface area contributed by atoms with E-state index in [1.807, 2.05) is 16.8 Å². The number of thiophene rings is 1. The summed E-state index contributed by atoms with van der Waals surface area (Å²) in [7, 11) is 0. The molecule has 0 atom stereocenters. The van der Waals surface area contributed by atoms with E-state index in [0.29, 0.717) is 5.02 Å². The SMILES string of the molecule is O=C(Nc1ccc(-c2ccsc2)cc1C(=O)O)c1ccc(Cl)cc1Cl. The summed E-state index contributed by atoms with van der Waals surface area (Å²) in [6.07, 6.45) is 0. The van der Waals surface area contributed by atoms with Gasteiger partial charge in [0.15, 0.2) is 0 Å². The molecule has 0 aliphatic rings. The summed E-state index contributed by atoms with van der Waals surface area (Å²) in [6, 6.07) is 11.2. The van der Waals surface area contributed by atoms with E-state index in [-0.39, 0.29) is 21.8 Å². The predicted octanol–water partition coefficient (Wildman–Crippen LogP) is 5.67. The summed E-state index contributed by atoms with van der Waals surface area (Å²) in [6.45, 7) is 0. The Kier molecular flexibility index (Phi) is 5.08. The van der Waals surface area contributed by atoms with E-state index in [0.717, 1.165) is 11.1 Å². The Hall–Kier alpha value is -2.34. The minimum Gasteiger partial charge on any atom is -0.478 e. The van der Waals surface area contributed by atoms with Crippen LogP contribution in [0.5, 0.6) is 0 Å². The molecule has 0 bridgehead atoms. The quantitative estimate of drug-likeness (QED) is 0.601. The van der Waals surface area contributed by atoms with E-state index >= 15 is 0 Å². The second kappa shape index (κ2) is 7.27. The first-order valence-electron chi connectivity index (χ1n) is 7.12. The monoisotopic (exact) mass is 391 g/mol. The Morgan fingerprint density at radius 3 is 2.40 bits per heavy atom. The molecule has 126 valence electrons. The van der Waals surface area contributed by atoms with Crippen molar-refractivity contribution in [3.8, 4) is 11.1 Å². The standard InChI is InChI=1S/C18H11Cl2NO3S/c19-12-2-3-13(15(20)8-12)17(22)21-16-4-1-10(7-14(16)18(23)24)11-5-6-25-9-11/h1-9H,(H,21,22)(H,23,24). The molecule has 25 heavy (non-hydrogen) atoms. The van der Waals surface area contributed by atoms with Gasteiger partial charge in [0.05, 0.1) is 21.8 Å². The van der Waals surface area contributed by atoms with Crippen LogP contribution in [0.15, 0.2) is 53.2 Å². The first-order valence-corrected chi connectivity index (χ1v) is 8.82. The molecular weight excluding hydrogens is 381 g/mol. The molecule has 0 saturated heterocycles. The maximum absolute atomic E-state index is 12.4. The highest BCUT2D eigenvalue weighted by Gasteiger charge is 2.17. The van der Waals surface area contributed by atoms with E-state index in [4.69, 9.17) is 23.2 Å². The van der Waals surface area contributed by atoms with Crippen LogP contribution >= 0.6 is 34.5 Å². The molecule has 3 rings (SSSR count). The zero-order valence-corrected chi connectivity index (χ0v) is 15.0. The normalized spacial score (nSPS) is 10.5. The Balaban J connectivity index is 1.94. The fourth-order valence-corrected chi connectivity index (χ4v) is 3.46. The number of halogens is 2. The summed E-state index contributed by atoms with van der Waals surface area (Å²) in [5.41, 5.74) is 2.10. The van der Waals surface area contributed by atoms with E-state index in [1.54, 1.807) is 18.2 Å². The lowest BCUT2D eigenvalue weighted by atomic mass is 10.0. The number of carboxylic acid groups (broad SMARTS) is 1. The molecule has 0 fully saturated rings. The van der Waals surface area contributed by atoms with Crippen LogP contribution in [0.1, 0.15) is 20.7 Å². The van der Waals surface area contributed by atoms with Gasteiger partial charge >= 0.3 is 5.97 Å². The van der Waals surface area contributed by atoms with E-state index in [1.165, 1.54) is 29.5 Å². The largest absolute Gasteiger partial charge is 0.478 e. The zero-order valence-electron chi connectivity index (χ0n) is 12.6. The van der Waals surface area contributed by atoms with Gasteiger partial charge in [-0.2, -0.15) is 11.3 Å². The highest BCUT2D eigenvalue weighted by atomic mass is 35.5. The molecule has 2 N–H and O–H groups in total. The Morgan fingerprint density at radius 2 is 1.76 bits per heavy atom. The maximum Gasteiger partial charge on any atom is 0.337 e. The summed E-state index contributed by atoms with van der Waals surface area (Å²) < 4.78 is 0. The number of rotatable bonds is 4. The van der Waals surface area contributed by atoms with Crippen molar-refractivity contribution in [1.82, 2.24) is 0 Å². The average molecular weight is 392 g/mol. The molecule has 0 unspecified atom stereocenters. The van der Waals surface area contributed by atoms with E-state index in [9.17, 15) is 14.7 Å². The minimum atomic E-state index is -1.13. The van der Waals surface area contributed by atoms with Crippen LogP contribution in [0.3, 0.4) is 0 Å². The van der Waals surface area contributed by atoms with Gasteiger partial charge in [-0.3, -0.25) is 4.79 Å². The van der Waals surface area contributed by atoms with Crippen LogP contribution in [0.2, 0.25) is 10.0 Å². The molecule has 1 heterocycles. The maximum atomic E-state index is 12.4. The number of benzene rings is 2. The van der Waals surface area contributed by atoms with Gasteiger partial charge in [-0.1, -0.05) is 29.3 Å². The predicted molar refractivity (Wildman–Crippen MR) is 101 cm³/mol. The number of nitrogens with one attached hydrogen (secondary N) is 1. The number of hydrogen-bond acceptors (Lipinski definition) is 3. The third kappa shape index (κ3) is 3.85. The van der Waals surface area contributed by atoms with Crippen LogP contribution in [0, 0.1) is 0 Å². The van der Waals surface area contributed by atoms with Gasteiger partial charge in [0.2, 0.25) is 0 Å². The molecule has 0 aliphatic heterocycles. The van der Waals surface area contributed by atoms with Crippen molar-refractivity contribution in [2.45, 2.75) is 0 Å². The van der Waals surface area contributed by atoms with Crippen LogP contribution in [-0.4, -0.2) is 17.0 Å². The highest BCUT2D eigenvalue weighted by molar-refractivity contribution is 7.08. The Bertz CT molecular complexity index is 955. The number of hydrogen-bond donors (Lipinski definition) is 2. The topological polar surface area (TPSA) is 66.4 Å². The molecule has 0 saturated carbocycles. The molecule has 7 heteroatoms. The molecule has 1 amide bonds. The van der Waals surface area contributed by atoms with Gasteiger partial charge < -0.3 is 10.4 Å². The van der Waals surface area contributed by atoms with Gasteiger partial charge in [-0.25, -0.2) is 4.79 Å². The molecule has 0 spiro atoms. The second-order valence-corrected chi connectivity index (χ2v) is 6.78. The number of carbonyl (C=O) groups excluding carboxylic acids is 1. The number of anilines is 1. The number of aromatic carboxylic acids is 1. The first-order chi connectivity index (χ1) is 12.0. The smallest absolute Gasteiger partial charge is 0.337 e. The third-order valence-corrected chi connectivity index (χ3v) is 4.76. The third-order valence-electron chi connectivity index (χ3n) is 3.53. The van der Waals surface area contributed by atoms with Crippen LogP contribution in [0.25, 0.3) is 11.1 Å². The molecule has 4 nitrogen and oxygen atoms in total. The lowest BCUT2D eigenvalue weighted by Gasteiger charge is -2.11. The zero-order chi connectivity index (χ0) is 18.0. The average Bonchev–Trinajstić information content (AvgIpc) is 3.09. The van der Waals surface area contributed by atoms with E-state index < -0.39 is 11.9 Å². The summed E-state index contributed by atoms with van der Waals surface area (Å²) in [5, 5.41) is 16.5. The van der Waals surface area contributed by atoms with Crippen molar-refractivity contribution in [3.05, 3.63) is 74.4 Å². The lowest BCUT2D eigenvalue weighted by molar-refractivity contribution is 0.0698. The number of carbonyl (C=O) groups is 2. The lowest BCUT2D eigenvalue weighted by Crippen LogP contribution is -2.15. The van der Waals surface area contributed by atoms with Crippen LogP contribution in [0.4, 0.5) is 5.69 Å². The Labute approximate surface area is 157 Å². The second-order valence-electron chi connectivity index (χ2n) is 5.16. The molecule has 0 aliphatic carbocycles. The van der Waals surface area contributed by atoms with Crippen molar-refractivity contribution in [3.63, 3.8) is 0 Å². The summed E-state index contributed by atoms with van der Waals surface area (Å²) in [5.74, 6) is -1.64. The van der Waals surface area contributed by atoms with Gasteiger partial charge in [-0.05, 0) is 58.3 Å². The molecular formula is C18H11Cl2NO3S. The fraction of sp³-hybridized carbons (Fsp3) is 0. The van der Waals surface area contributed by atoms with Crippen molar-refractivity contribution >= 4 is 52.1 Å². The highest BCUT2D eigenvalue weighted by Crippen LogP contribution is 2.28. The molecule has 0 radical (unpaired) electrons. The molecule has 1 aromatic heterocycles. The van der Waals surface area contributed by atoms with Crippen molar-refractivity contribution < 1.29 is 14.7 Å². The van der Waals surface area contributed by atoms with Crippen molar-refractivity contribution in [2.24, 2.45) is 0 Å². The number of amides is 1. The van der Waals surface area contributed by atoms with Gasteiger partial charge in [-0.15, -0.1) is 0 Å². The summed E-state index contributed by atoms with van der Waals surface area (Å²) >= 11 is 13.4. The van der Waals surface area contributed by atoms with Crippen LogP contribution in [-0.2, 0) is 0 Å². The first kappa shape index (κ1) is 17.5. The van der Waals surface area contributed by atoms with Gasteiger partial charge in [0.1, 0.15) is 0 Å². The van der Waals surface area contributed by atoms with Crippen molar-refractivity contribution in [2.75, 3.05) is 5.32 Å². The van der Waals surface area contributed by atoms with Crippen molar-refractivity contribution in [1.29, 1.82) is 0 Å². The van der Waals surface area contributed by atoms with E-state index in [2.05, 4.69) is 5.32 Å². The molecule has 3 aromatic rings. The number of carboxylic acids is 1. The van der Waals surface area contributed by atoms with Gasteiger partial charge in [0.25, 0.3) is 5.91 Å². The fourth-order valence-electron chi connectivity index (χ4n) is 2.30. The molecule has 2 aromatic carbocycles. The van der Waals surface area contributed by atoms with Crippen LogP contribution < -0.4 is 5.32 Å². The summed E-state index contributed by atoms with van der Waals surface area (Å²) in [4.78, 5) is 24.0. The minimum absolute atomic E-state index is 0.00198.